The Morgan fingerprint density at radius 1 is 0.941 bits per heavy atom. The molecule has 0 saturated heterocycles. The molecule has 0 saturated carbocycles. The maximum absolute atomic E-state index is 13.8. The van der Waals surface area contributed by atoms with Gasteiger partial charge in [0.2, 0.25) is 0 Å². The largest absolute Gasteiger partial charge is 0.353 e. The van der Waals surface area contributed by atoms with E-state index in [-0.39, 0.29) is 11.2 Å². The van der Waals surface area contributed by atoms with Crippen molar-refractivity contribution < 1.29 is 4.39 Å². The number of rotatable bonds is 0. The Kier molecular flexibility index (Phi) is 2.02. The third-order valence-corrected chi connectivity index (χ3v) is 3.55. The summed E-state index contributed by atoms with van der Waals surface area (Å²) in [6, 6.07) is 13.3. The van der Waals surface area contributed by atoms with Crippen molar-refractivity contribution in [2.24, 2.45) is 0 Å². The summed E-state index contributed by atoms with van der Waals surface area (Å²) in [6.45, 7) is 4.26. The number of hydrogen-bond acceptors (Lipinski definition) is 1. The lowest BCUT2D eigenvalue weighted by Crippen LogP contribution is -2.26. The van der Waals surface area contributed by atoms with Crippen LogP contribution in [0.15, 0.2) is 42.5 Å². The average Bonchev–Trinajstić information content (AvgIpc) is 2.31. The van der Waals surface area contributed by atoms with Crippen molar-refractivity contribution in [1.29, 1.82) is 0 Å². The van der Waals surface area contributed by atoms with Crippen molar-refractivity contribution in [2.45, 2.75) is 19.3 Å². The molecule has 17 heavy (non-hydrogen) atoms. The van der Waals surface area contributed by atoms with Crippen LogP contribution in [0.25, 0.3) is 0 Å². The molecule has 0 atom stereocenters. The minimum Gasteiger partial charge on any atom is -0.353 e. The predicted octanol–water partition coefficient (Wildman–Crippen LogP) is 4.21. The van der Waals surface area contributed by atoms with E-state index in [1.807, 2.05) is 24.3 Å². The van der Waals surface area contributed by atoms with Gasteiger partial charge >= 0.3 is 0 Å². The summed E-state index contributed by atoms with van der Waals surface area (Å²) >= 11 is 0. The molecule has 1 N–H and O–H groups in total. The average molecular weight is 227 g/mol. The van der Waals surface area contributed by atoms with Gasteiger partial charge in [-0.05, 0) is 23.3 Å². The van der Waals surface area contributed by atoms with Gasteiger partial charge in [-0.3, -0.25) is 0 Å². The summed E-state index contributed by atoms with van der Waals surface area (Å²) < 4.78 is 13.8. The fraction of sp³-hybridized carbons (Fsp3) is 0.200. The molecule has 2 aromatic carbocycles. The normalized spacial score (nSPS) is 15.7. The molecule has 3 rings (SSSR count). The number of hydrogen-bond donors (Lipinski definition) is 1. The van der Waals surface area contributed by atoms with E-state index >= 15 is 0 Å². The van der Waals surface area contributed by atoms with Crippen LogP contribution in [0.4, 0.5) is 15.8 Å². The molecule has 2 aromatic rings. The van der Waals surface area contributed by atoms with E-state index in [4.69, 9.17) is 0 Å². The van der Waals surface area contributed by atoms with E-state index < -0.39 is 0 Å². The molecule has 0 fully saturated rings. The van der Waals surface area contributed by atoms with E-state index in [9.17, 15) is 4.39 Å². The number of halogens is 1. The van der Waals surface area contributed by atoms with Crippen LogP contribution < -0.4 is 5.32 Å². The summed E-state index contributed by atoms with van der Waals surface area (Å²) in [5.41, 5.74) is 3.65. The van der Waals surface area contributed by atoms with Crippen LogP contribution in [-0.4, -0.2) is 0 Å². The molecule has 1 heterocycles. The molecule has 0 amide bonds. The van der Waals surface area contributed by atoms with Crippen LogP contribution in [-0.2, 0) is 5.41 Å². The monoisotopic (exact) mass is 227 g/mol. The fourth-order valence-electron chi connectivity index (χ4n) is 2.59. The second kappa shape index (κ2) is 3.33. The first-order valence-corrected chi connectivity index (χ1v) is 5.76. The number of fused-ring (bicyclic) bond motifs is 2. The Balaban J connectivity index is 2.31. The van der Waals surface area contributed by atoms with Crippen LogP contribution in [0, 0.1) is 5.82 Å². The number of nitrogens with one attached hydrogen (secondary N) is 1. The molecule has 1 nitrogen and oxygen atoms in total. The molecule has 0 spiro atoms. The highest BCUT2D eigenvalue weighted by Crippen LogP contribution is 2.45. The molecule has 0 radical (unpaired) electrons. The smallest absolute Gasteiger partial charge is 0.146 e. The van der Waals surface area contributed by atoms with Gasteiger partial charge in [-0.25, -0.2) is 4.39 Å². The number of para-hydroxylation sites is 2. The zero-order chi connectivity index (χ0) is 12.0. The zero-order valence-corrected chi connectivity index (χ0v) is 9.92. The third kappa shape index (κ3) is 1.37. The number of anilines is 2. The minimum absolute atomic E-state index is 0.167. The van der Waals surface area contributed by atoms with Crippen LogP contribution in [0.2, 0.25) is 0 Å². The second-order valence-electron chi connectivity index (χ2n) is 4.96. The summed E-state index contributed by atoms with van der Waals surface area (Å²) in [5.74, 6) is -0.190. The van der Waals surface area contributed by atoms with Gasteiger partial charge in [-0.2, -0.15) is 0 Å². The molecule has 0 aliphatic carbocycles. The minimum atomic E-state index is -0.190. The molecular weight excluding hydrogens is 213 g/mol. The van der Waals surface area contributed by atoms with Crippen molar-refractivity contribution in [3.63, 3.8) is 0 Å². The Morgan fingerprint density at radius 3 is 2.47 bits per heavy atom. The van der Waals surface area contributed by atoms with Gasteiger partial charge < -0.3 is 5.32 Å². The van der Waals surface area contributed by atoms with Crippen LogP contribution in [0.5, 0.6) is 0 Å². The van der Waals surface area contributed by atoms with Gasteiger partial charge in [0, 0.05) is 11.1 Å². The summed E-state index contributed by atoms with van der Waals surface area (Å²) in [5, 5.41) is 3.19. The Morgan fingerprint density at radius 2 is 1.65 bits per heavy atom. The lowest BCUT2D eigenvalue weighted by atomic mass is 9.74. The lowest BCUT2D eigenvalue weighted by Gasteiger charge is -2.35. The third-order valence-electron chi connectivity index (χ3n) is 3.55. The maximum atomic E-state index is 13.8. The SMILES string of the molecule is CC1(C)c2ccccc2Nc2c(F)cccc21. The first kappa shape index (κ1) is 10.3. The summed E-state index contributed by atoms with van der Waals surface area (Å²) in [4.78, 5) is 0. The molecule has 1 aliphatic heterocycles. The van der Waals surface area contributed by atoms with E-state index in [0.29, 0.717) is 5.69 Å². The van der Waals surface area contributed by atoms with Gasteiger partial charge in [0.05, 0.1) is 5.69 Å². The first-order chi connectivity index (χ1) is 8.10. The van der Waals surface area contributed by atoms with Crippen molar-refractivity contribution in [3.05, 3.63) is 59.4 Å². The predicted molar refractivity (Wildman–Crippen MR) is 68.3 cm³/mol. The van der Waals surface area contributed by atoms with Crippen molar-refractivity contribution in [1.82, 2.24) is 0 Å². The van der Waals surface area contributed by atoms with E-state index in [1.54, 1.807) is 6.07 Å². The van der Waals surface area contributed by atoms with Crippen LogP contribution in [0.3, 0.4) is 0 Å². The Bertz CT molecular complexity index is 587. The van der Waals surface area contributed by atoms with Gasteiger partial charge in [-0.1, -0.05) is 44.2 Å². The van der Waals surface area contributed by atoms with E-state index in [2.05, 4.69) is 25.2 Å². The Hall–Kier alpha value is -1.83. The molecule has 0 unspecified atom stereocenters. The summed E-state index contributed by atoms with van der Waals surface area (Å²) in [7, 11) is 0. The molecular formula is C15H14FN. The van der Waals surface area contributed by atoms with Gasteiger partial charge in [-0.15, -0.1) is 0 Å². The topological polar surface area (TPSA) is 12.0 Å². The second-order valence-corrected chi connectivity index (χ2v) is 4.96. The lowest BCUT2D eigenvalue weighted by molar-refractivity contribution is 0.600. The highest BCUT2D eigenvalue weighted by Gasteiger charge is 2.33. The number of benzene rings is 2. The Labute approximate surface area is 100 Å². The van der Waals surface area contributed by atoms with Crippen LogP contribution >= 0.6 is 0 Å². The summed E-state index contributed by atoms with van der Waals surface area (Å²) in [6.07, 6.45) is 0. The van der Waals surface area contributed by atoms with Crippen molar-refractivity contribution >= 4 is 11.4 Å². The van der Waals surface area contributed by atoms with Crippen LogP contribution in [0.1, 0.15) is 25.0 Å². The standard InChI is InChI=1S/C15H14FN/c1-15(2)10-6-3-4-9-13(10)17-14-11(15)7-5-8-12(14)16/h3-9,17H,1-2H3. The quantitative estimate of drug-likeness (QED) is 0.711. The molecule has 2 heteroatoms. The van der Waals surface area contributed by atoms with Gasteiger partial charge in [0.15, 0.2) is 0 Å². The van der Waals surface area contributed by atoms with Gasteiger partial charge in [0.1, 0.15) is 5.82 Å². The van der Waals surface area contributed by atoms with E-state index in [1.165, 1.54) is 11.6 Å². The molecule has 0 bridgehead atoms. The van der Waals surface area contributed by atoms with Crippen molar-refractivity contribution in [3.8, 4) is 0 Å². The molecule has 86 valence electrons. The first-order valence-electron chi connectivity index (χ1n) is 5.76. The van der Waals surface area contributed by atoms with Crippen molar-refractivity contribution in [2.75, 3.05) is 5.32 Å². The van der Waals surface area contributed by atoms with E-state index in [0.717, 1.165) is 11.3 Å². The maximum Gasteiger partial charge on any atom is 0.146 e. The zero-order valence-electron chi connectivity index (χ0n) is 9.92. The van der Waals surface area contributed by atoms with Gasteiger partial charge in [0.25, 0.3) is 0 Å². The fourth-order valence-corrected chi connectivity index (χ4v) is 2.59. The highest BCUT2D eigenvalue weighted by atomic mass is 19.1. The molecule has 0 aromatic heterocycles. The molecule has 1 aliphatic rings. The highest BCUT2D eigenvalue weighted by molar-refractivity contribution is 5.75.